The molecule has 1 aliphatic rings. The van der Waals surface area contributed by atoms with Crippen LogP contribution in [0.5, 0.6) is 0 Å². The second-order valence-corrected chi connectivity index (χ2v) is 6.10. The van der Waals surface area contributed by atoms with Crippen LogP contribution >= 0.6 is 0 Å². The van der Waals surface area contributed by atoms with Crippen LogP contribution in [0, 0.1) is 11.6 Å². The number of carbonyl (C=O) groups excluding carboxylic acids is 1. The van der Waals surface area contributed by atoms with Gasteiger partial charge in [-0.25, -0.2) is 8.78 Å². The summed E-state index contributed by atoms with van der Waals surface area (Å²) in [6.07, 6.45) is 2.37. The quantitative estimate of drug-likeness (QED) is 0.811. The molecule has 2 atom stereocenters. The average Bonchev–Trinajstić information content (AvgIpc) is 2.51. The molecule has 6 heteroatoms. The molecule has 1 aromatic carbocycles. The minimum absolute atomic E-state index is 0.142. The van der Waals surface area contributed by atoms with Gasteiger partial charge in [0, 0.05) is 12.7 Å². The standard InChI is InChI=1S/C18H23F2NO3/c1-12(2)5-8-24-17-6-7-23-11-16(17)21-18(22)9-13-3-4-14(19)10-15(13)20/h3-5,10,16-17H,6-9,11H2,1-2H3,(H,21,22)/t16-,17+/m1/s1. The van der Waals surface area contributed by atoms with Crippen LogP contribution < -0.4 is 5.32 Å². The molecule has 0 spiro atoms. The normalized spacial score (nSPS) is 20.5. The van der Waals surface area contributed by atoms with Crippen LogP contribution in [0.25, 0.3) is 0 Å². The number of hydrogen-bond donors (Lipinski definition) is 1. The van der Waals surface area contributed by atoms with Crippen LogP contribution in [-0.2, 0) is 20.7 Å². The SMILES string of the molecule is CC(C)=CCO[C@H]1CCOC[C@H]1NC(=O)Cc1ccc(F)cc1F. The van der Waals surface area contributed by atoms with Gasteiger partial charge >= 0.3 is 0 Å². The minimum Gasteiger partial charge on any atom is -0.379 e. The van der Waals surface area contributed by atoms with Crippen molar-refractivity contribution >= 4 is 5.91 Å². The molecule has 1 amide bonds. The average molecular weight is 339 g/mol. The lowest BCUT2D eigenvalue weighted by Gasteiger charge is -2.32. The van der Waals surface area contributed by atoms with Crippen molar-refractivity contribution in [3.63, 3.8) is 0 Å². The summed E-state index contributed by atoms with van der Waals surface area (Å²) in [7, 11) is 0. The van der Waals surface area contributed by atoms with Gasteiger partial charge < -0.3 is 14.8 Å². The topological polar surface area (TPSA) is 47.6 Å². The fourth-order valence-electron chi connectivity index (χ4n) is 2.49. The fraction of sp³-hybridized carbons (Fsp3) is 0.500. The van der Waals surface area contributed by atoms with Crippen molar-refractivity contribution in [3.8, 4) is 0 Å². The molecule has 0 aromatic heterocycles. The summed E-state index contributed by atoms with van der Waals surface area (Å²) in [5.74, 6) is -1.72. The monoisotopic (exact) mass is 339 g/mol. The molecule has 1 aliphatic heterocycles. The third kappa shape index (κ3) is 5.69. The first-order valence-corrected chi connectivity index (χ1v) is 8.01. The molecule has 1 aromatic rings. The Morgan fingerprint density at radius 2 is 2.21 bits per heavy atom. The Balaban J connectivity index is 1.91. The van der Waals surface area contributed by atoms with Gasteiger partial charge in [0.25, 0.3) is 0 Å². The lowest BCUT2D eigenvalue weighted by Crippen LogP contribution is -2.51. The van der Waals surface area contributed by atoms with E-state index in [0.29, 0.717) is 26.2 Å². The van der Waals surface area contributed by atoms with Crippen LogP contribution in [0.15, 0.2) is 29.8 Å². The van der Waals surface area contributed by atoms with Crippen LogP contribution in [0.3, 0.4) is 0 Å². The zero-order valence-electron chi connectivity index (χ0n) is 14.0. The lowest BCUT2D eigenvalue weighted by molar-refractivity contribution is -0.125. The number of carbonyl (C=O) groups is 1. The van der Waals surface area contributed by atoms with E-state index in [1.165, 1.54) is 6.07 Å². The number of nitrogens with one attached hydrogen (secondary N) is 1. The molecule has 0 aliphatic carbocycles. The zero-order chi connectivity index (χ0) is 17.5. The molecule has 24 heavy (non-hydrogen) atoms. The van der Waals surface area contributed by atoms with E-state index in [9.17, 15) is 13.6 Å². The van der Waals surface area contributed by atoms with Gasteiger partial charge in [-0.3, -0.25) is 4.79 Å². The Labute approximate surface area is 140 Å². The maximum Gasteiger partial charge on any atom is 0.224 e. The maximum absolute atomic E-state index is 13.6. The highest BCUT2D eigenvalue weighted by Gasteiger charge is 2.27. The first-order valence-electron chi connectivity index (χ1n) is 8.01. The molecule has 4 nitrogen and oxygen atoms in total. The summed E-state index contributed by atoms with van der Waals surface area (Å²) in [5.41, 5.74) is 1.32. The van der Waals surface area contributed by atoms with Crippen molar-refractivity contribution < 1.29 is 23.0 Å². The van der Waals surface area contributed by atoms with Gasteiger partial charge in [-0.05, 0) is 31.9 Å². The highest BCUT2D eigenvalue weighted by molar-refractivity contribution is 5.79. The van der Waals surface area contributed by atoms with E-state index in [2.05, 4.69) is 5.32 Å². The van der Waals surface area contributed by atoms with Gasteiger partial charge in [-0.1, -0.05) is 17.7 Å². The third-order valence-electron chi connectivity index (χ3n) is 3.81. The summed E-state index contributed by atoms with van der Waals surface area (Å²) in [4.78, 5) is 12.2. The Hall–Kier alpha value is -1.79. The second-order valence-electron chi connectivity index (χ2n) is 6.10. The van der Waals surface area contributed by atoms with Crippen molar-refractivity contribution in [2.45, 2.75) is 38.8 Å². The Morgan fingerprint density at radius 3 is 2.92 bits per heavy atom. The van der Waals surface area contributed by atoms with E-state index in [1.807, 2.05) is 19.9 Å². The minimum atomic E-state index is -0.721. The molecule has 1 heterocycles. The number of amides is 1. The first kappa shape index (κ1) is 18.5. The predicted octanol–water partition coefficient (Wildman–Crippen LogP) is 2.76. The number of ether oxygens (including phenoxy) is 2. The first-order chi connectivity index (χ1) is 11.5. The molecule has 1 fully saturated rings. The Bertz CT molecular complexity index is 600. The molecule has 0 bridgehead atoms. The number of halogens is 2. The summed E-state index contributed by atoms with van der Waals surface area (Å²) in [5, 5.41) is 2.83. The largest absolute Gasteiger partial charge is 0.379 e. The molecule has 132 valence electrons. The van der Waals surface area contributed by atoms with Crippen LogP contribution in [0.4, 0.5) is 8.78 Å². The molecule has 0 radical (unpaired) electrons. The molecule has 1 N–H and O–H groups in total. The van der Waals surface area contributed by atoms with Gasteiger partial charge in [0.1, 0.15) is 11.6 Å². The van der Waals surface area contributed by atoms with E-state index in [-0.39, 0.29) is 30.0 Å². The summed E-state index contributed by atoms with van der Waals surface area (Å²) < 4.78 is 37.7. The van der Waals surface area contributed by atoms with E-state index in [4.69, 9.17) is 9.47 Å². The van der Waals surface area contributed by atoms with Crippen LogP contribution in [-0.4, -0.2) is 37.9 Å². The van der Waals surface area contributed by atoms with Gasteiger partial charge in [-0.15, -0.1) is 0 Å². The van der Waals surface area contributed by atoms with Gasteiger partial charge in [0.2, 0.25) is 5.91 Å². The smallest absolute Gasteiger partial charge is 0.224 e. The predicted molar refractivity (Wildman–Crippen MR) is 86.6 cm³/mol. The highest BCUT2D eigenvalue weighted by Crippen LogP contribution is 2.14. The van der Waals surface area contributed by atoms with Crippen molar-refractivity contribution in [2.75, 3.05) is 19.8 Å². The zero-order valence-corrected chi connectivity index (χ0v) is 14.0. The van der Waals surface area contributed by atoms with E-state index in [1.54, 1.807) is 0 Å². The van der Waals surface area contributed by atoms with Crippen molar-refractivity contribution in [3.05, 3.63) is 47.0 Å². The molecule has 1 saturated heterocycles. The number of rotatable bonds is 6. The van der Waals surface area contributed by atoms with Crippen molar-refractivity contribution in [1.29, 1.82) is 0 Å². The van der Waals surface area contributed by atoms with Crippen LogP contribution in [0.2, 0.25) is 0 Å². The molecule has 0 unspecified atom stereocenters. The summed E-state index contributed by atoms with van der Waals surface area (Å²) in [6, 6.07) is 2.92. The molecule has 2 rings (SSSR count). The maximum atomic E-state index is 13.6. The van der Waals surface area contributed by atoms with Crippen molar-refractivity contribution in [1.82, 2.24) is 5.32 Å². The Morgan fingerprint density at radius 1 is 1.42 bits per heavy atom. The summed E-state index contributed by atoms with van der Waals surface area (Å²) in [6.45, 7) is 5.40. The molecule has 0 saturated carbocycles. The van der Waals surface area contributed by atoms with Gasteiger partial charge in [-0.2, -0.15) is 0 Å². The van der Waals surface area contributed by atoms with Crippen LogP contribution in [0.1, 0.15) is 25.8 Å². The van der Waals surface area contributed by atoms with Gasteiger partial charge in [0.15, 0.2) is 0 Å². The van der Waals surface area contributed by atoms with E-state index >= 15 is 0 Å². The molecular formula is C18H23F2NO3. The number of benzene rings is 1. The third-order valence-corrected chi connectivity index (χ3v) is 3.81. The second kappa shape index (κ2) is 8.89. The Kier molecular flexibility index (Phi) is 6.87. The summed E-state index contributed by atoms with van der Waals surface area (Å²) >= 11 is 0. The highest BCUT2D eigenvalue weighted by atomic mass is 19.1. The van der Waals surface area contributed by atoms with Gasteiger partial charge in [0.05, 0.1) is 31.8 Å². The molecular weight excluding hydrogens is 316 g/mol. The lowest BCUT2D eigenvalue weighted by atomic mass is 10.1. The number of hydrogen-bond acceptors (Lipinski definition) is 3. The van der Waals surface area contributed by atoms with E-state index in [0.717, 1.165) is 17.7 Å². The van der Waals surface area contributed by atoms with E-state index < -0.39 is 11.6 Å². The number of allylic oxidation sites excluding steroid dienone is 1. The fourth-order valence-corrected chi connectivity index (χ4v) is 2.49. The van der Waals surface area contributed by atoms with Crippen molar-refractivity contribution in [2.24, 2.45) is 0 Å².